The zero-order valence-corrected chi connectivity index (χ0v) is 10.3. The number of amides is 1. The zero-order valence-electron chi connectivity index (χ0n) is 8.69. The quantitative estimate of drug-likeness (QED) is 0.800. The van der Waals surface area contributed by atoms with Crippen molar-refractivity contribution in [1.82, 2.24) is 4.98 Å². The molecule has 0 radical (unpaired) electrons. The van der Waals surface area contributed by atoms with Crippen LogP contribution in [0.1, 0.15) is 9.67 Å². The Bertz CT molecular complexity index is 421. The van der Waals surface area contributed by atoms with Crippen molar-refractivity contribution in [3.05, 3.63) is 10.0 Å². The summed E-state index contributed by atoms with van der Waals surface area (Å²) in [5.74, 6) is -1.05. The number of carbonyl (C=O) groups is 2. The second kappa shape index (κ2) is 5.13. The van der Waals surface area contributed by atoms with E-state index >= 15 is 0 Å². The molecule has 1 aromatic heterocycles. The molecular weight excluding hydrogens is 254 g/mol. The molecule has 8 heteroatoms. The topological polar surface area (TPSA) is 85.5 Å². The average Bonchev–Trinajstić information content (AvgIpc) is 2.58. The molecule has 0 unspecified atom stereocenters. The Hall–Kier alpha value is -1.34. The molecule has 6 nitrogen and oxygen atoms in total. The number of thiazole rings is 1. The fourth-order valence-electron chi connectivity index (χ4n) is 0.974. The minimum Gasteiger partial charge on any atom is -0.465 e. The van der Waals surface area contributed by atoms with Crippen molar-refractivity contribution in [3.8, 4) is 0 Å². The summed E-state index contributed by atoms with van der Waals surface area (Å²) in [4.78, 5) is 27.6. The molecule has 1 rings (SSSR count). The summed E-state index contributed by atoms with van der Waals surface area (Å²) < 4.78 is 4.53. The van der Waals surface area contributed by atoms with Crippen LogP contribution in [0.3, 0.4) is 0 Å². The van der Waals surface area contributed by atoms with Crippen molar-refractivity contribution in [3.63, 3.8) is 0 Å². The number of anilines is 1. The third-order valence-electron chi connectivity index (χ3n) is 1.66. The number of hydrogen-bond donors (Lipinski definition) is 1. The van der Waals surface area contributed by atoms with Crippen molar-refractivity contribution in [2.45, 2.75) is 0 Å². The van der Waals surface area contributed by atoms with E-state index in [0.29, 0.717) is 5.13 Å². The van der Waals surface area contributed by atoms with Crippen LogP contribution >= 0.6 is 22.9 Å². The molecule has 1 aromatic rings. The van der Waals surface area contributed by atoms with Crippen LogP contribution in [0.15, 0.2) is 0 Å². The van der Waals surface area contributed by atoms with E-state index in [0.717, 1.165) is 11.3 Å². The number of likely N-dealkylation sites (N-methyl/N-ethyl adjacent to an activating group) is 1. The van der Waals surface area contributed by atoms with E-state index < -0.39 is 11.9 Å². The summed E-state index contributed by atoms with van der Waals surface area (Å²) in [6.07, 6.45) is 0. The molecule has 0 fully saturated rings. The second-order valence-corrected chi connectivity index (χ2v) is 4.27. The van der Waals surface area contributed by atoms with Crippen LogP contribution < -0.4 is 10.6 Å². The molecule has 0 aliphatic carbocycles. The fraction of sp³-hybridized carbons (Fsp3) is 0.375. The maximum absolute atomic E-state index is 11.2. The van der Waals surface area contributed by atoms with E-state index in [1.807, 2.05) is 0 Å². The van der Waals surface area contributed by atoms with Gasteiger partial charge in [0.2, 0.25) is 5.91 Å². The van der Waals surface area contributed by atoms with Gasteiger partial charge in [-0.05, 0) is 0 Å². The monoisotopic (exact) mass is 263 g/mol. The molecule has 0 aliphatic rings. The molecule has 16 heavy (non-hydrogen) atoms. The number of nitrogens with zero attached hydrogens (tertiary/aromatic N) is 2. The zero-order chi connectivity index (χ0) is 12.3. The third-order valence-corrected chi connectivity index (χ3v) is 3.20. The Morgan fingerprint density at radius 2 is 2.25 bits per heavy atom. The van der Waals surface area contributed by atoms with Gasteiger partial charge in [0, 0.05) is 7.05 Å². The number of primary amides is 1. The van der Waals surface area contributed by atoms with Gasteiger partial charge < -0.3 is 15.4 Å². The number of hydrogen-bond acceptors (Lipinski definition) is 6. The Kier molecular flexibility index (Phi) is 4.08. The SMILES string of the molecule is COC(=O)c1sc(N(C)CC(N)=O)nc1Cl. The van der Waals surface area contributed by atoms with Gasteiger partial charge in [-0.3, -0.25) is 4.79 Å². The molecule has 1 amide bonds. The number of rotatable bonds is 4. The first-order chi connectivity index (χ1) is 7.45. The first kappa shape index (κ1) is 12.7. The first-order valence-corrected chi connectivity index (χ1v) is 5.39. The molecular formula is C8H10ClN3O3S. The van der Waals surface area contributed by atoms with Gasteiger partial charge in [0.05, 0.1) is 13.7 Å². The highest BCUT2D eigenvalue weighted by Crippen LogP contribution is 2.29. The predicted molar refractivity (Wildman–Crippen MR) is 60.9 cm³/mol. The van der Waals surface area contributed by atoms with E-state index in [1.165, 1.54) is 12.0 Å². The Balaban J connectivity index is 2.91. The van der Waals surface area contributed by atoms with Crippen LogP contribution in [0.2, 0.25) is 5.15 Å². The van der Waals surface area contributed by atoms with Crippen molar-refractivity contribution in [2.24, 2.45) is 5.73 Å². The van der Waals surface area contributed by atoms with Crippen LogP contribution in [0.5, 0.6) is 0 Å². The Labute approximate surface area is 101 Å². The summed E-state index contributed by atoms with van der Waals surface area (Å²) in [7, 11) is 2.88. The highest BCUT2D eigenvalue weighted by molar-refractivity contribution is 7.18. The van der Waals surface area contributed by atoms with Crippen molar-refractivity contribution < 1.29 is 14.3 Å². The maximum atomic E-state index is 11.2. The number of halogens is 1. The standard InChI is InChI=1S/C8H10ClN3O3S/c1-12(3-4(10)13)8-11-6(9)5(16-8)7(14)15-2/h3H2,1-2H3,(H2,10,13). The molecule has 0 atom stereocenters. The van der Waals surface area contributed by atoms with Crippen LogP contribution in [0, 0.1) is 0 Å². The molecule has 0 saturated heterocycles. The maximum Gasteiger partial charge on any atom is 0.351 e. The van der Waals surface area contributed by atoms with Gasteiger partial charge in [-0.1, -0.05) is 22.9 Å². The average molecular weight is 264 g/mol. The molecule has 0 saturated carbocycles. The molecule has 2 N–H and O–H groups in total. The second-order valence-electron chi connectivity index (χ2n) is 2.93. The lowest BCUT2D eigenvalue weighted by atomic mass is 10.5. The third kappa shape index (κ3) is 2.83. The summed E-state index contributed by atoms with van der Waals surface area (Å²) in [6, 6.07) is 0. The Morgan fingerprint density at radius 1 is 1.62 bits per heavy atom. The largest absolute Gasteiger partial charge is 0.465 e. The summed E-state index contributed by atoms with van der Waals surface area (Å²) in [5, 5.41) is 0.493. The molecule has 0 bridgehead atoms. The number of aromatic nitrogens is 1. The van der Waals surface area contributed by atoms with Crippen LogP contribution in [0.4, 0.5) is 5.13 Å². The van der Waals surface area contributed by atoms with Crippen molar-refractivity contribution in [2.75, 3.05) is 25.6 Å². The van der Waals surface area contributed by atoms with Gasteiger partial charge in [-0.2, -0.15) is 0 Å². The summed E-state index contributed by atoms with van der Waals surface area (Å²) in [5.41, 5.74) is 5.03. The molecule has 88 valence electrons. The van der Waals surface area contributed by atoms with E-state index in [1.54, 1.807) is 7.05 Å². The van der Waals surface area contributed by atoms with Crippen LogP contribution in [0.25, 0.3) is 0 Å². The highest BCUT2D eigenvalue weighted by Gasteiger charge is 2.19. The minimum atomic E-state index is -0.554. The molecule has 0 spiro atoms. The van der Waals surface area contributed by atoms with E-state index in [9.17, 15) is 9.59 Å². The Morgan fingerprint density at radius 3 is 2.75 bits per heavy atom. The van der Waals surface area contributed by atoms with Gasteiger partial charge in [0.25, 0.3) is 0 Å². The summed E-state index contributed by atoms with van der Waals surface area (Å²) in [6.45, 7) is 0.00442. The van der Waals surface area contributed by atoms with E-state index in [4.69, 9.17) is 17.3 Å². The number of carbonyl (C=O) groups excluding carboxylic acids is 2. The lowest BCUT2D eigenvalue weighted by molar-refractivity contribution is -0.116. The number of methoxy groups -OCH3 is 1. The van der Waals surface area contributed by atoms with Gasteiger partial charge in [-0.15, -0.1) is 0 Å². The number of esters is 1. The van der Waals surface area contributed by atoms with Gasteiger partial charge in [-0.25, -0.2) is 9.78 Å². The fourth-order valence-corrected chi connectivity index (χ4v) is 2.13. The van der Waals surface area contributed by atoms with E-state index in [-0.39, 0.29) is 16.6 Å². The van der Waals surface area contributed by atoms with Crippen LogP contribution in [-0.2, 0) is 9.53 Å². The number of nitrogens with two attached hydrogens (primary N) is 1. The lowest BCUT2D eigenvalue weighted by Crippen LogP contribution is -2.30. The minimum absolute atomic E-state index is 0.00442. The lowest BCUT2D eigenvalue weighted by Gasteiger charge is -2.11. The van der Waals surface area contributed by atoms with Crippen molar-refractivity contribution in [1.29, 1.82) is 0 Å². The number of ether oxygens (including phenoxy) is 1. The normalized spacial score (nSPS) is 9.94. The first-order valence-electron chi connectivity index (χ1n) is 4.19. The van der Waals surface area contributed by atoms with E-state index in [2.05, 4.69) is 9.72 Å². The highest BCUT2D eigenvalue weighted by atomic mass is 35.5. The molecule has 0 aliphatic heterocycles. The van der Waals surface area contributed by atoms with Crippen LogP contribution in [-0.4, -0.2) is 37.6 Å². The molecule has 0 aromatic carbocycles. The summed E-state index contributed by atoms with van der Waals surface area (Å²) >= 11 is 6.80. The van der Waals surface area contributed by atoms with Gasteiger partial charge in [0.1, 0.15) is 0 Å². The smallest absolute Gasteiger partial charge is 0.351 e. The van der Waals surface area contributed by atoms with Gasteiger partial charge >= 0.3 is 5.97 Å². The predicted octanol–water partition coefficient (Wildman–Crippen LogP) is 0.505. The van der Waals surface area contributed by atoms with Gasteiger partial charge in [0.15, 0.2) is 15.2 Å². The van der Waals surface area contributed by atoms with Crippen molar-refractivity contribution >= 4 is 39.9 Å². The molecule has 1 heterocycles.